The molecule has 0 aliphatic carbocycles. The van der Waals surface area contributed by atoms with E-state index in [2.05, 4.69) is 5.32 Å². The molecule has 0 aliphatic rings. The third-order valence-electron chi connectivity index (χ3n) is 2.48. The van der Waals surface area contributed by atoms with Gasteiger partial charge in [0.2, 0.25) is 0 Å². The van der Waals surface area contributed by atoms with E-state index < -0.39 is 17.5 Å². The van der Waals surface area contributed by atoms with Gasteiger partial charge in [-0.15, -0.1) is 0 Å². The van der Waals surface area contributed by atoms with Crippen LogP contribution in [-0.4, -0.2) is 26.3 Å². The quantitative estimate of drug-likeness (QED) is 0.792. The summed E-state index contributed by atoms with van der Waals surface area (Å²) in [4.78, 5) is 0. The standard InChI is InChI=1S/C12H17F3N2O/c1-18-7-9(3-2-4-16)17-12-10(14)5-8(13)6-11(12)15/h5-6,9,17H,2-4,7,16H2,1H3. The number of methoxy groups -OCH3 is 1. The fraction of sp³-hybridized carbons (Fsp3) is 0.500. The minimum absolute atomic E-state index is 0.270. The van der Waals surface area contributed by atoms with Crippen molar-refractivity contribution in [2.45, 2.75) is 18.9 Å². The van der Waals surface area contributed by atoms with Crippen molar-refractivity contribution in [3.8, 4) is 0 Å². The first-order valence-electron chi connectivity index (χ1n) is 5.68. The van der Waals surface area contributed by atoms with Crippen molar-refractivity contribution >= 4 is 5.69 Å². The molecule has 1 rings (SSSR count). The summed E-state index contributed by atoms with van der Waals surface area (Å²) in [6, 6.07) is 1.00. The fourth-order valence-corrected chi connectivity index (χ4v) is 1.65. The number of hydrogen-bond donors (Lipinski definition) is 2. The Kier molecular flexibility index (Phi) is 5.94. The smallest absolute Gasteiger partial charge is 0.152 e. The minimum Gasteiger partial charge on any atom is -0.383 e. The number of nitrogens with one attached hydrogen (secondary N) is 1. The summed E-state index contributed by atoms with van der Waals surface area (Å²) in [6.45, 7) is 0.770. The van der Waals surface area contributed by atoms with Crippen LogP contribution in [0.5, 0.6) is 0 Å². The predicted molar refractivity (Wildman–Crippen MR) is 63.9 cm³/mol. The van der Waals surface area contributed by atoms with Crippen molar-refractivity contribution in [1.29, 1.82) is 0 Å². The highest BCUT2D eigenvalue weighted by atomic mass is 19.1. The van der Waals surface area contributed by atoms with Gasteiger partial charge >= 0.3 is 0 Å². The topological polar surface area (TPSA) is 47.3 Å². The summed E-state index contributed by atoms with van der Waals surface area (Å²) in [5.74, 6) is -2.86. The summed E-state index contributed by atoms with van der Waals surface area (Å²) in [7, 11) is 1.49. The maximum Gasteiger partial charge on any atom is 0.152 e. The third kappa shape index (κ3) is 4.19. The molecule has 0 fully saturated rings. The molecular weight excluding hydrogens is 245 g/mol. The maximum absolute atomic E-state index is 13.4. The van der Waals surface area contributed by atoms with E-state index >= 15 is 0 Å². The van der Waals surface area contributed by atoms with Crippen molar-refractivity contribution in [2.75, 3.05) is 25.6 Å². The summed E-state index contributed by atoms with van der Waals surface area (Å²) >= 11 is 0. The second-order valence-corrected chi connectivity index (χ2v) is 3.97. The number of rotatable bonds is 7. The molecule has 0 saturated heterocycles. The van der Waals surface area contributed by atoms with Crippen LogP contribution < -0.4 is 11.1 Å². The molecule has 3 N–H and O–H groups in total. The largest absolute Gasteiger partial charge is 0.383 e. The predicted octanol–water partition coefficient (Wildman–Crippen LogP) is 2.27. The van der Waals surface area contributed by atoms with E-state index in [-0.39, 0.29) is 18.3 Å². The first kappa shape index (κ1) is 14.8. The normalized spacial score (nSPS) is 12.5. The molecular formula is C12H17F3N2O. The van der Waals surface area contributed by atoms with Gasteiger partial charge in [0.1, 0.15) is 11.5 Å². The van der Waals surface area contributed by atoms with Crippen molar-refractivity contribution < 1.29 is 17.9 Å². The van der Waals surface area contributed by atoms with Crippen LogP contribution in [0.3, 0.4) is 0 Å². The molecule has 18 heavy (non-hydrogen) atoms. The van der Waals surface area contributed by atoms with Crippen molar-refractivity contribution in [3.63, 3.8) is 0 Å². The molecule has 1 atom stereocenters. The van der Waals surface area contributed by atoms with E-state index in [1.807, 2.05) is 0 Å². The fourth-order valence-electron chi connectivity index (χ4n) is 1.65. The van der Waals surface area contributed by atoms with Crippen LogP contribution in [0.2, 0.25) is 0 Å². The van der Waals surface area contributed by atoms with Crippen molar-refractivity contribution in [2.24, 2.45) is 5.73 Å². The number of benzene rings is 1. The van der Waals surface area contributed by atoms with Crippen LogP contribution in [0.15, 0.2) is 12.1 Å². The lowest BCUT2D eigenvalue weighted by Crippen LogP contribution is -2.27. The average Bonchev–Trinajstić information content (AvgIpc) is 2.30. The van der Waals surface area contributed by atoms with E-state index in [1.54, 1.807) is 0 Å². The van der Waals surface area contributed by atoms with Crippen LogP contribution in [0.1, 0.15) is 12.8 Å². The van der Waals surface area contributed by atoms with Gasteiger partial charge in [-0.3, -0.25) is 0 Å². The zero-order valence-electron chi connectivity index (χ0n) is 10.2. The Labute approximate surface area is 104 Å². The second kappa shape index (κ2) is 7.23. The zero-order valence-corrected chi connectivity index (χ0v) is 10.2. The molecule has 1 aromatic rings. The van der Waals surface area contributed by atoms with Gasteiger partial charge in [-0.1, -0.05) is 0 Å². The van der Waals surface area contributed by atoms with E-state index in [1.165, 1.54) is 7.11 Å². The Morgan fingerprint density at radius 1 is 1.28 bits per heavy atom. The number of nitrogens with two attached hydrogens (primary N) is 1. The number of anilines is 1. The monoisotopic (exact) mass is 262 g/mol. The molecule has 1 unspecified atom stereocenters. The zero-order chi connectivity index (χ0) is 13.5. The third-order valence-corrected chi connectivity index (χ3v) is 2.48. The van der Waals surface area contributed by atoms with Crippen molar-refractivity contribution in [1.82, 2.24) is 0 Å². The average molecular weight is 262 g/mol. The summed E-state index contributed by atoms with van der Waals surface area (Å²) in [5.41, 5.74) is 5.04. The van der Waals surface area contributed by atoms with Crippen LogP contribution in [0, 0.1) is 17.5 Å². The van der Waals surface area contributed by atoms with Gasteiger partial charge in [0.05, 0.1) is 6.61 Å². The van der Waals surface area contributed by atoms with E-state index in [0.717, 1.165) is 0 Å². The number of ether oxygens (including phenoxy) is 1. The number of hydrogen-bond acceptors (Lipinski definition) is 3. The van der Waals surface area contributed by atoms with Gasteiger partial charge in [-0.05, 0) is 19.4 Å². The molecule has 102 valence electrons. The van der Waals surface area contributed by atoms with Crippen LogP contribution >= 0.6 is 0 Å². The molecule has 0 bridgehead atoms. The van der Waals surface area contributed by atoms with E-state index in [0.29, 0.717) is 31.5 Å². The minimum atomic E-state index is -0.957. The lowest BCUT2D eigenvalue weighted by atomic mass is 10.1. The van der Waals surface area contributed by atoms with Crippen LogP contribution in [0.25, 0.3) is 0 Å². The molecule has 0 saturated carbocycles. The lowest BCUT2D eigenvalue weighted by Gasteiger charge is -2.19. The molecule has 0 aromatic heterocycles. The molecule has 1 aromatic carbocycles. The first-order valence-corrected chi connectivity index (χ1v) is 5.68. The van der Waals surface area contributed by atoms with Gasteiger partial charge in [-0.2, -0.15) is 0 Å². The second-order valence-electron chi connectivity index (χ2n) is 3.97. The summed E-state index contributed by atoms with van der Waals surface area (Å²) in [6.07, 6.45) is 1.31. The van der Waals surface area contributed by atoms with Gasteiger partial charge in [0.25, 0.3) is 0 Å². The van der Waals surface area contributed by atoms with Gasteiger partial charge in [0.15, 0.2) is 11.6 Å². The first-order chi connectivity index (χ1) is 8.58. The highest BCUT2D eigenvalue weighted by Crippen LogP contribution is 2.21. The van der Waals surface area contributed by atoms with Crippen LogP contribution in [0.4, 0.5) is 18.9 Å². The van der Waals surface area contributed by atoms with Crippen molar-refractivity contribution in [3.05, 3.63) is 29.6 Å². The Morgan fingerprint density at radius 2 is 1.89 bits per heavy atom. The lowest BCUT2D eigenvalue weighted by molar-refractivity contribution is 0.182. The van der Waals surface area contributed by atoms with Gasteiger partial charge in [0, 0.05) is 25.3 Å². The summed E-state index contributed by atoms with van der Waals surface area (Å²) < 4.78 is 44.6. The molecule has 0 radical (unpaired) electrons. The highest BCUT2D eigenvalue weighted by Gasteiger charge is 2.15. The molecule has 0 spiro atoms. The van der Waals surface area contributed by atoms with Gasteiger partial charge in [-0.25, -0.2) is 13.2 Å². The Morgan fingerprint density at radius 3 is 2.39 bits per heavy atom. The molecule has 0 heterocycles. The molecule has 0 aliphatic heterocycles. The van der Waals surface area contributed by atoms with E-state index in [9.17, 15) is 13.2 Å². The van der Waals surface area contributed by atoms with Gasteiger partial charge < -0.3 is 15.8 Å². The summed E-state index contributed by atoms with van der Waals surface area (Å²) in [5, 5.41) is 2.68. The highest BCUT2D eigenvalue weighted by molar-refractivity contribution is 5.47. The Bertz CT molecular complexity index is 365. The molecule has 0 amide bonds. The SMILES string of the molecule is COCC(CCCN)Nc1c(F)cc(F)cc1F. The number of halogens is 3. The Balaban J connectivity index is 2.79. The maximum atomic E-state index is 13.4. The Hall–Kier alpha value is -1.27. The van der Waals surface area contributed by atoms with E-state index in [4.69, 9.17) is 10.5 Å². The molecule has 6 heteroatoms. The molecule has 3 nitrogen and oxygen atoms in total. The van der Waals surface area contributed by atoms with Crippen LogP contribution in [-0.2, 0) is 4.74 Å².